The van der Waals surface area contributed by atoms with Gasteiger partial charge in [0.05, 0.1) is 4.34 Å². The number of halogens is 1. The number of aryl methyl sites for hydroxylation is 1. The van der Waals surface area contributed by atoms with Crippen molar-refractivity contribution in [1.29, 1.82) is 0 Å². The number of benzene rings is 1. The van der Waals surface area contributed by atoms with Gasteiger partial charge >= 0.3 is 0 Å². The molecule has 21 heavy (non-hydrogen) atoms. The molecule has 1 N–H and O–H groups in total. The highest BCUT2D eigenvalue weighted by Gasteiger charge is 2.12. The van der Waals surface area contributed by atoms with Gasteiger partial charge in [-0.3, -0.25) is 0 Å². The van der Waals surface area contributed by atoms with E-state index in [-0.39, 0.29) is 0 Å². The van der Waals surface area contributed by atoms with Crippen molar-refractivity contribution in [3.63, 3.8) is 0 Å². The molecular formula is C18H24ClNS. The van der Waals surface area contributed by atoms with Crippen molar-refractivity contribution in [3.8, 4) is 0 Å². The fourth-order valence-corrected chi connectivity index (χ4v) is 3.82. The zero-order chi connectivity index (χ0) is 15.1. The first-order valence-corrected chi connectivity index (χ1v) is 8.87. The Kier molecular flexibility index (Phi) is 6.75. The van der Waals surface area contributed by atoms with Gasteiger partial charge in [-0.15, -0.1) is 11.3 Å². The van der Waals surface area contributed by atoms with Gasteiger partial charge < -0.3 is 5.32 Å². The number of hydrogen-bond donors (Lipinski definition) is 1. The molecule has 0 aliphatic rings. The van der Waals surface area contributed by atoms with Crippen LogP contribution in [0, 0.1) is 12.8 Å². The summed E-state index contributed by atoms with van der Waals surface area (Å²) in [5, 5.41) is 3.57. The maximum atomic E-state index is 6.05. The molecule has 0 radical (unpaired) electrons. The van der Waals surface area contributed by atoms with E-state index in [1.807, 2.05) is 6.07 Å². The number of hydrogen-bond acceptors (Lipinski definition) is 2. The van der Waals surface area contributed by atoms with Crippen LogP contribution in [0.1, 0.15) is 29.3 Å². The van der Waals surface area contributed by atoms with Crippen LogP contribution in [0.2, 0.25) is 4.34 Å². The predicted octanol–water partition coefficient (Wildman–Crippen LogP) is 5.11. The third-order valence-corrected chi connectivity index (χ3v) is 4.84. The molecule has 0 amide bonds. The Balaban J connectivity index is 2.00. The van der Waals surface area contributed by atoms with Crippen molar-refractivity contribution in [3.05, 3.63) is 56.7 Å². The van der Waals surface area contributed by atoms with Crippen LogP contribution in [0.3, 0.4) is 0 Å². The van der Waals surface area contributed by atoms with E-state index in [0.29, 0.717) is 5.92 Å². The summed E-state index contributed by atoms with van der Waals surface area (Å²) in [7, 11) is 0. The summed E-state index contributed by atoms with van der Waals surface area (Å²) in [6.45, 7) is 6.53. The molecule has 0 aliphatic heterocycles. The van der Waals surface area contributed by atoms with Crippen molar-refractivity contribution in [1.82, 2.24) is 5.32 Å². The van der Waals surface area contributed by atoms with Crippen LogP contribution in [0.4, 0.5) is 0 Å². The number of nitrogens with one attached hydrogen (secondary N) is 1. The number of thiophene rings is 1. The second kappa shape index (κ2) is 8.57. The monoisotopic (exact) mass is 321 g/mol. The first-order valence-electron chi connectivity index (χ1n) is 7.68. The van der Waals surface area contributed by atoms with E-state index in [4.69, 9.17) is 11.6 Å². The van der Waals surface area contributed by atoms with Gasteiger partial charge in [0.25, 0.3) is 0 Å². The Morgan fingerprint density at radius 3 is 2.71 bits per heavy atom. The minimum atomic E-state index is 0.619. The molecular weight excluding hydrogens is 298 g/mol. The second-order valence-electron chi connectivity index (χ2n) is 5.67. The molecule has 2 aromatic rings. The molecule has 1 atom stereocenters. The molecule has 0 spiro atoms. The fourth-order valence-electron chi connectivity index (χ4n) is 2.62. The summed E-state index contributed by atoms with van der Waals surface area (Å²) < 4.78 is 0.890. The molecule has 1 aromatic carbocycles. The van der Waals surface area contributed by atoms with Crippen molar-refractivity contribution >= 4 is 22.9 Å². The lowest BCUT2D eigenvalue weighted by Crippen LogP contribution is -2.26. The third kappa shape index (κ3) is 5.82. The van der Waals surface area contributed by atoms with Gasteiger partial charge in [-0.1, -0.05) is 48.4 Å². The van der Waals surface area contributed by atoms with Crippen molar-refractivity contribution in [2.75, 3.05) is 13.1 Å². The molecule has 1 nitrogen and oxygen atoms in total. The molecule has 2 rings (SSSR count). The normalized spacial score (nSPS) is 12.5. The summed E-state index contributed by atoms with van der Waals surface area (Å²) in [5.41, 5.74) is 2.77. The molecule has 114 valence electrons. The minimum Gasteiger partial charge on any atom is -0.316 e. The van der Waals surface area contributed by atoms with Crippen LogP contribution >= 0.6 is 22.9 Å². The van der Waals surface area contributed by atoms with Gasteiger partial charge in [0, 0.05) is 4.88 Å². The van der Waals surface area contributed by atoms with Crippen LogP contribution in [-0.2, 0) is 12.8 Å². The lowest BCUT2D eigenvalue weighted by Gasteiger charge is -2.17. The Bertz CT molecular complexity index is 550. The zero-order valence-electron chi connectivity index (χ0n) is 12.9. The molecule has 0 bridgehead atoms. The van der Waals surface area contributed by atoms with Crippen molar-refractivity contribution < 1.29 is 0 Å². The van der Waals surface area contributed by atoms with Crippen molar-refractivity contribution in [2.45, 2.75) is 33.1 Å². The highest BCUT2D eigenvalue weighted by atomic mass is 35.5. The van der Waals surface area contributed by atoms with Gasteiger partial charge in [-0.25, -0.2) is 0 Å². The Morgan fingerprint density at radius 2 is 2.05 bits per heavy atom. The Morgan fingerprint density at radius 1 is 1.19 bits per heavy atom. The SMILES string of the molecule is CCCNCC(Cc1cccc(C)c1)Cc1ccc(Cl)s1. The molecule has 1 heterocycles. The average Bonchev–Trinajstić information content (AvgIpc) is 2.84. The smallest absolute Gasteiger partial charge is 0.0931 e. The highest BCUT2D eigenvalue weighted by molar-refractivity contribution is 7.16. The molecule has 1 unspecified atom stereocenters. The Labute approximate surface area is 137 Å². The van der Waals surface area contributed by atoms with E-state index in [1.54, 1.807) is 11.3 Å². The maximum Gasteiger partial charge on any atom is 0.0931 e. The summed E-state index contributed by atoms with van der Waals surface area (Å²) in [6.07, 6.45) is 3.40. The van der Waals surface area contributed by atoms with E-state index in [1.165, 1.54) is 22.4 Å². The van der Waals surface area contributed by atoms with Crippen molar-refractivity contribution in [2.24, 2.45) is 5.92 Å². The molecule has 0 fully saturated rings. The van der Waals surface area contributed by atoms with Crippen LogP contribution in [0.25, 0.3) is 0 Å². The van der Waals surface area contributed by atoms with E-state index >= 15 is 0 Å². The lowest BCUT2D eigenvalue weighted by molar-refractivity contribution is 0.473. The van der Waals surface area contributed by atoms with Gasteiger partial charge in [-0.05, 0) is 62.9 Å². The summed E-state index contributed by atoms with van der Waals surface area (Å²) in [4.78, 5) is 1.39. The number of rotatable bonds is 8. The third-order valence-electron chi connectivity index (χ3n) is 3.59. The largest absolute Gasteiger partial charge is 0.316 e. The molecule has 0 saturated heterocycles. The summed E-state index contributed by atoms with van der Waals surface area (Å²) >= 11 is 7.76. The summed E-state index contributed by atoms with van der Waals surface area (Å²) in [6, 6.07) is 13.0. The molecule has 0 saturated carbocycles. The topological polar surface area (TPSA) is 12.0 Å². The first kappa shape index (κ1) is 16.5. The van der Waals surface area contributed by atoms with Crippen LogP contribution < -0.4 is 5.32 Å². The van der Waals surface area contributed by atoms with E-state index < -0.39 is 0 Å². The molecule has 0 aliphatic carbocycles. The van der Waals surface area contributed by atoms with E-state index in [2.05, 4.69) is 49.5 Å². The first-order chi connectivity index (χ1) is 10.2. The highest BCUT2D eigenvalue weighted by Crippen LogP contribution is 2.25. The fraction of sp³-hybridized carbons (Fsp3) is 0.444. The van der Waals surface area contributed by atoms with Gasteiger partial charge in [0.2, 0.25) is 0 Å². The van der Waals surface area contributed by atoms with Gasteiger partial charge in [0.15, 0.2) is 0 Å². The van der Waals surface area contributed by atoms with Crippen LogP contribution in [0.5, 0.6) is 0 Å². The van der Waals surface area contributed by atoms with E-state index in [9.17, 15) is 0 Å². The predicted molar refractivity (Wildman–Crippen MR) is 94.6 cm³/mol. The average molecular weight is 322 g/mol. The summed E-state index contributed by atoms with van der Waals surface area (Å²) in [5.74, 6) is 0.619. The molecule has 1 aromatic heterocycles. The standard InChI is InChI=1S/C18H24ClNS/c1-3-9-20-13-16(12-17-7-8-18(19)21-17)11-15-6-4-5-14(2)10-15/h4-8,10,16,20H,3,9,11-13H2,1-2H3. The van der Waals surface area contributed by atoms with E-state index in [0.717, 1.165) is 30.3 Å². The molecule has 3 heteroatoms. The lowest BCUT2D eigenvalue weighted by atomic mass is 9.94. The van der Waals surface area contributed by atoms with Crippen LogP contribution in [0.15, 0.2) is 36.4 Å². The maximum absolute atomic E-state index is 6.05. The Hall–Kier alpha value is -0.830. The quantitative estimate of drug-likeness (QED) is 0.666. The zero-order valence-corrected chi connectivity index (χ0v) is 14.4. The van der Waals surface area contributed by atoms with Gasteiger partial charge in [-0.2, -0.15) is 0 Å². The second-order valence-corrected chi connectivity index (χ2v) is 7.47. The van der Waals surface area contributed by atoms with Crippen LogP contribution in [-0.4, -0.2) is 13.1 Å². The minimum absolute atomic E-state index is 0.619. The van der Waals surface area contributed by atoms with Gasteiger partial charge in [0.1, 0.15) is 0 Å².